The van der Waals surface area contributed by atoms with Crippen LogP contribution < -0.4 is 0 Å². The molecule has 0 fully saturated rings. The summed E-state index contributed by atoms with van der Waals surface area (Å²) in [6.07, 6.45) is 0. The zero-order chi connectivity index (χ0) is 30.4. The van der Waals surface area contributed by atoms with Crippen LogP contribution in [0.5, 0.6) is 0 Å². The highest BCUT2D eigenvalue weighted by molar-refractivity contribution is 6.31. The van der Waals surface area contributed by atoms with Crippen LogP contribution >= 0.6 is 0 Å². The maximum Gasteiger partial charge on any atom is 0.145 e. The van der Waals surface area contributed by atoms with E-state index in [0.717, 1.165) is 44.2 Å². The molecule has 0 N–H and O–H groups in total. The van der Waals surface area contributed by atoms with E-state index in [1.807, 2.05) is 6.07 Å². The van der Waals surface area contributed by atoms with Crippen molar-refractivity contribution in [1.29, 1.82) is 0 Å². The molecule has 0 saturated carbocycles. The van der Waals surface area contributed by atoms with Gasteiger partial charge in [0.1, 0.15) is 11.2 Å². The lowest BCUT2D eigenvalue weighted by molar-refractivity contribution is 0.673. The molecule has 0 spiro atoms. The topological polar surface area (TPSA) is 23.0 Å². The highest BCUT2D eigenvalue weighted by Gasteiger charge is 2.23. The van der Waals surface area contributed by atoms with Crippen molar-refractivity contribution in [2.24, 2.45) is 0 Å². The van der Waals surface area contributed by atoms with E-state index in [-0.39, 0.29) is 0 Å². The van der Waals surface area contributed by atoms with E-state index >= 15 is 0 Å². The van der Waals surface area contributed by atoms with Crippen molar-refractivity contribution in [3.63, 3.8) is 0 Å². The van der Waals surface area contributed by atoms with Crippen molar-refractivity contribution in [3.05, 3.63) is 157 Å². The van der Waals surface area contributed by atoms with E-state index in [9.17, 15) is 0 Å². The fraction of sp³-hybridized carbons (Fsp3) is 0.0233. The van der Waals surface area contributed by atoms with Gasteiger partial charge in [0.05, 0.1) is 27.5 Å². The van der Waals surface area contributed by atoms with Crippen molar-refractivity contribution in [2.45, 2.75) is 6.92 Å². The summed E-state index contributed by atoms with van der Waals surface area (Å²) < 4.78 is 11.5. The summed E-state index contributed by atoms with van der Waals surface area (Å²) in [4.78, 5) is 0. The average Bonchev–Trinajstić information content (AvgIpc) is 3.76. The zero-order valence-electron chi connectivity index (χ0n) is 25.2. The van der Waals surface area contributed by atoms with E-state index in [4.69, 9.17) is 4.42 Å². The molecule has 10 aromatic rings. The number of nitrogens with zero attached hydrogens (tertiary/aromatic N) is 2. The summed E-state index contributed by atoms with van der Waals surface area (Å²) in [6, 6.07) is 54.6. The third-order valence-electron chi connectivity index (χ3n) is 9.58. The van der Waals surface area contributed by atoms with Gasteiger partial charge in [-0.1, -0.05) is 96.6 Å². The van der Waals surface area contributed by atoms with E-state index in [1.54, 1.807) is 0 Å². The van der Waals surface area contributed by atoms with Gasteiger partial charge in [-0.15, -0.1) is 0 Å². The molecule has 0 amide bonds. The van der Waals surface area contributed by atoms with E-state index in [0.29, 0.717) is 0 Å². The molecule has 46 heavy (non-hydrogen) atoms. The monoisotopic (exact) mass is 588 g/mol. The molecule has 216 valence electrons. The molecule has 0 aliphatic carbocycles. The van der Waals surface area contributed by atoms with E-state index in [1.165, 1.54) is 49.4 Å². The molecule has 3 heterocycles. The number of aromatic nitrogens is 2. The second-order valence-corrected chi connectivity index (χ2v) is 12.2. The first-order valence-electron chi connectivity index (χ1n) is 15.8. The van der Waals surface area contributed by atoms with Crippen LogP contribution in [0.3, 0.4) is 0 Å². The van der Waals surface area contributed by atoms with Gasteiger partial charge in [-0.25, -0.2) is 0 Å². The molecule has 0 saturated heterocycles. The van der Waals surface area contributed by atoms with Crippen LogP contribution in [0.25, 0.3) is 88.1 Å². The lowest BCUT2D eigenvalue weighted by Gasteiger charge is -2.10. The quantitative estimate of drug-likeness (QED) is 0.201. The normalized spacial score (nSPS) is 12.0. The van der Waals surface area contributed by atoms with Crippen molar-refractivity contribution in [3.8, 4) is 22.5 Å². The Kier molecular flexibility index (Phi) is 5.20. The first-order valence-corrected chi connectivity index (χ1v) is 15.8. The Hall–Kier alpha value is -6.06. The summed E-state index contributed by atoms with van der Waals surface area (Å²) >= 11 is 0. The molecule has 0 bridgehead atoms. The van der Waals surface area contributed by atoms with Crippen LogP contribution in [0, 0.1) is 6.92 Å². The lowest BCUT2D eigenvalue weighted by Crippen LogP contribution is -1.95. The molecule has 3 aromatic heterocycles. The van der Waals surface area contributed by atoms with Gasteiger partial charge in [-0.05, 0) is 78.7 Å². The minimum Gasteiger partial charge on any atom is -0.455 e. The van der Waals surface area contributed by atoms with Crippen LogP contribution in [0.1, 0.15) is 5.56 Å². The summed E-state index contributed by atoms with van der Waals surface area (Å²) in [5.74, 6) is 0. The Morgan fingerprint density at radius 2 is 1.04 bits per heavy atom. The summed E-state index contributed by atoms with van der Waals surface area (Å²) in [5, 5.41) is 7.07. The second kappa shape index (κ2) is 9.47. The number of benzene rings is 7. The van der Waals surface area contributed by atoms with Crippen molar-refractivity contribution in [1.82, 2.24) is 9.13 Å². The SMILES string of the molecule is Cc1ccc(-c2ccc3c4c(ccc5c6c7oc8ccccc8c7ccc6n(-c6ccccc6)c54)n(-c4ccccc4)c3c2)cc1. The van der Waals surface area contributed by atoms with Crippen LogP contribution in [0.15, 0.2) is 156 Å². The largest absolute Gasteiger partial charge is 0.455 e. The Morgan fingerprint density at radius 3 is 1.80 bits per heavy atom. The van der Waals surface area contributed by atoms with Gasteiger partial charge in [0.2, 0.25) is 0 Å². The Labute approximate surface area is 265 Å². The molecular formula is C43H28N2O. The number of aryl methyl sites for hydroxylation is 1. The molecule has 0 unspecified atom stereocenters. The first-order chi connectivity index (χ1) is 22.7. The molecule has 7 aromatic carbocycles. The smallest absolute Gasteiger partial charge is 0.145 e. The van der Waals surface area contributed by atoms with E-state index in [2.05, 4.69) is 162 Å². The van der Waals surface area contributed by atoms with Crippen molar-refractivity contribution in [2.75, 3.05) is 0 Å². The molecule has 10 rings (SSSR count). The Balaban J connectivity index is 1.42. The van der Waals surface area contributed by atoms with Gasteiger partial charge in [0.15, 0.2) is 0 Å². The van der Waals surface area contributed by atoms with Gasteiger partial charge in [0.25, 0.3) is 0 Å². The highest BCUT2D eigenvalue weighted by Crippen LogP contribution is 2.45. The third kappa shape index (κ3) is 3.48. The van der Waals surface area contributed by atoms with Gasteiger partial charge in [0, 0.05) is 38.3 Å². The predicted molar refractivity (Wildman–Crippen MR) is 193 cm³/mol. The Bertz CT molecular complexity index is 2780. The molecule has 0 radical (unpaired) electrons. The molecular weight excluding hydrogens is 560 g/mol. The number of para-hydroxylation sites is 3. The minimum atomic E-state index is 0.913. The third-order valence-corrected chi connectivity index (χ3v) is 9.58. The zero-order valence-corrected chi connectivity index (χ0v) is 25.2. The van der Waals surface area contributed by atoms with Gasteiger partial charge < -0.3 is 13.6 Å². The maximum absolute atomic E-state index is 6.65. The lowest BCUT2D eigenvalue weighted by atomic mass is 10.0. The van der Waals surface area contributed by atoms with E-state index < -0.39 is 0 Å². The molecule has 0 aliphatic heterocycles. The van der Waals surface area contributed by atoms with Crippen LogP contribution in [0.4, 0.5) is 0 Å². The maximum atomic E-state index is 6.65. The fourth-order valence-corrected chi connectivity index (χ4v) is 7.50. The van der Waals surface area contributed by atoms with Crippen LogP contribution in [-0.2, 0) is 0 Å². The number of fused-ring (bicyclic) bond motifs is 11. The van der Waals surface area contributed by atoms with Gasteiger partial charge >= 0.3 is 0 Å². The average molecular weight is 589 g/mol. The first kappa shape index (κ1) is 25.3. The molecule has 3 heteroatoms. The number of rotatable bonds is 3. The standard InChI is InChI=1S/C43H28N2O/c1-27-16-18-28(19-17-27)29-20-21-34-38(26-29)44(30-10-4-2-5-11-30)36-25-23-35-41-37(45(42(35)40(34)36)31-12-6-3-7-13-31)24-22-33-32-14-8-9-15-39(32)46-43(33)41/h2-26H,1H3. The highest BCUT2D eigenvalue weighted by atomic mass is 16.3. The number of hydrogen-bond donors (Lipinski definition) is 0. The van der Waals surface area contributed by atoms with Crippen LogP contribution in [0.2, 0.25) is 0 Å². The number of furan rings is 1. The Morgan fingerprint density at radius 1 is 0.435 bits per heavy atom. The molecule has 3 nitrogen and oxygen atoms in total. The predicted octanol–water partition coefficient (Wildman–Crippen LogP) is 11.8. The van der Waals surface area contributed by atoms with Gasteiger partial charge in [-0.3, -0.25) is 0 Å². The van der Waals surface area contributed by atoms with Crippen molar-refractivity contribution < 1.29 is 4.42 Å². The molecule has 0 atom stereocenters. The number of hydrogen-bond acceptors (Lipinski definition) is 1. The minimum absolute atomic E-state index is 0.913. The van der Waals surface area contributed by atoms with Crippen LogP contribution in [-0.4, -0.2) is 9.13 Å². The fourth-order valence-electron chi connectivity index (χ4n) is 7.50. The van der Waals surface area contributed by atoms with Gasteiger partial charge in [-0.2, -0.15) is 0 Å². The molecule has 0 aliphatic rings. The summed E-state index contributed by atoms with van der Waals surface area (Å²) in [6.45, 7) is 2.14. The van der Waals surface area contributed by atoms with Crippen molar-refractivity contribution >= 4 is 65.6 Å². The second-order valence-electron chi connectivity index (χ2n) is 12.2. The summed E-state index contributed by atoms with van der Waals surface area (Å²) in [5.41, 5.74) is 12.5. The summed E-state index contributed by atoms with van der Waals surface area (Å²) in [7, 11) is 0.